The fourth-order valence-electron chi connectivity index (χ4n) is 1.16. The van der Waals surface area contributed by atoms with Gasteiger partial charge in [-0.3, -0.25) is 4.79 Å². The van der Waals surface area contributed by atoms with E-state index in [4.69, 9.17) is 14.9 Å². The molecule has 0 radical (unpaired) electrons. The molecule has 0 aromatic heterocycles. The lowest BCUT2D eigenvalue weighted by Gasteiger charge is -1.99. The van der Waals surface area contributed by atoms with E-state index in [0.717, 1.165) is 12.8 Å². The van der Waals surface area contributed by atoms with E-state index < -0.39 is 6.10 Å². The van der Waals surface area contributed by atoms with Crippen LogP contribution in [-0.4, -0.2) is 35.5 Å². The van der Waals surface area contributed by atoms with Gasteiger partial charge in [0.2, 0.25) is 0 Å². The lowest BCUT2D eigenvalue weighted by atomic mass is 10.1. The first-order valence-corrected chi connectivity index (χ1v) is 5.61. The molecule has 1 atom stereocenters. The Hall–Kier alpha value is -0.610. The average Bonchev–Trinajstić information content (AvgIpc) is 2.33. The molecule has 1 aliphatic heterocycles. The third-order valence-electron chi connectivity index (χ3n) is 2.05. The first-order valence-electron chi connectivity index (χ1n) is 5.61. The van der Waals surface area contributed by atoms with Crippen molar-refractivity contribution in [3.63, 3.8) is 0 Å². The Labute approximate surface area is 91.3 Å². The maximum Gasteiger partial charge on any atom is 0.305 e. The summed E-state index contributed by atoms with van der Waals surface area (Å²) in [5, 5.41) is 16.0. The van der Waals surface area contributed by atoms with Gasteiger partial charge in [0.05, 0.1) is 19.3 Å². The minimum Gasteiger partial charge on any atom is -0.466 e. The Kier molecular flexibility index (Phi) is 9.52. The average molecular weight is 218 g/mol. The number of aliphatic hydroxyl groups excluding tert-OH is 2. The first-order chi connectivity index (χ1) is 7.16. The van der Waals surface area contributed by atoms with Crippen molar-refractivity contribution >= 4 is 5.97 Å². The van der Waals surface area contributed by atoms with Crippen LogP contribution in [-0.2, 0) is 9.53 Å². The van der Waals surface area contributed by atoms with Gasteiger partial charge in [0, 0.05) is 6.42 Å². The van der Waals surface area contributed by atoms with Crippen LogP contribution in [0.3, 0.4) is 0 Å². The van der Waals surface area contributed by atoms with Crippen LogP contribution in [0.1, 0.15) is 45.4 Å². The van der Waals surface area contributed by atoms with Crippen LogP contribution in [0.4, 0.5) is 0 Å². The van der Waals surface area contributed by atoms with E-state index in [1.165, 1.54) is 26.2 Å². The minimum atomic E-state index is -0.560. The molecule has 2 N–H and O–H groups in total. The molecule has 4 nitrogen and oxygen atoms in total. The maximum atomic E-state index is 10.8. The van der Waals surface area contributed by atoms with Crippen LogP contribution in [0, 0.1) is 0 Å². The van der Waals surface area contributed by atoms with Crippen molar-refractivity contribution in [3.05, 3.63) is 0 Å². The van der Waals surface area contributed by atoms with Gasteiger partial charge >= 0.3 is 5.97 Å². The molecule has 1 fully saturated rings. The highest BCUT2D eigenvalue weighted by Gasteiger charge is 2.04. The summed E-state index contributed by atoms with van der Waals surface area (Å²) < 4.78 is 4.92. The Morgan fingerprint density at radius 1 is 1.27 bits per heavy atom. The highest BCUT2D eigenvalue weighted by atomic mass is 16.5. The summed E-state index contributed by atoms with van der Waals surface area (Å²) >= 11 is 0. The molecule has 1 aliphatic rings. The highest BCUT2D eigenvalue weighted by Crippen LogP contribution is 2.09. The van der Waals surface area contributed by atoms with Crippen molar-refractivity contribution in [2.45, 2.75) is 51.6 Å². The number of carbonyl (C=O) groups excluding carboxylic acids is 1. The summed E-state index contributed by atoms with van der Waals surface area (Å²) in [5.41, 5.74) is 0. The Bertz CT molecular complexity index is 145. The van der Waals surface area contributed by atoms with Crippen molar-refractivity contribution in [2.75, 3.05) is 13.2 Å². The summed E-state index contributed by atoms with van der Waals surface area (Å²) in [6, 6.07) is 0. The van der Waals surface area contributed by atoms with E-state index in [2.05, 4.69) is 0 Å². The molecule has 0 bridgehead atoms. The third-order valence-corrected chi connectivity index (χ3v) is 2.05. The molecule has 0 aromatic rings. The predicted molar refractivity (Wildman–Crippen MR) is 57.4 cm³/mol. The number of esters is 1. The van der Waals surface area contributed by atoms with E-state index in [1.807, 2.05) is 0 Å². The molecule has 0 amide bonds. The fraction of sp³-hybridized carbons (Fsp3) is 0.909. The molecule has 90 valence electrons. The summed E-state index contributed by atoms with van der Waals surface area (Å²) in [6.45, 7) is 2.03. The van der Waals surface area contributed by atoms with Crippen molar-refractivity contribution in [3.8, 4) is 0 Å². The summed E-state index contributed by atoms with van der Waals surface area (Å²) in [6.07, 6.45) is 5.79. The van der Waals surface area contributed by atoms with E-state index in [0.29, 0.717) is 13.0 Å². The maximum absolute atomic E-state index is 10.8. The van der Waals surface area contributed by atoms with Gasteiger partial charge in [-0.1, -0.05) is 19.3 Å². The second kappa shape index (κ2) is 9.93. The number of carbonyl (C=O) groups is 1. The van der Waals surface area contributed by atoms with Crippen LogP contribution >= 0.6 is 0 Å². The van der Waals surface area contributed by atoms with Gasteiger partial charge in [-0.25, -0.2) is 0 Å². The SMILES string of the molecule is CC(O)CO.O=C1CCCCCCCO1. The van der Waals surface area contributed by atoms with Crippen molar-refractivity contribution < 1.29 is 19.7 Å². The first kappa shape index (κ1) is 14.4. The van der Waals surface area contributed by atoms with Crippen LogP contribution in [0.2, 0.25) is 0 Å². The second-order valence-corrected chi connectivity index (χ2v) is 3.77. The minimum absolute atomic E-state index is 0.0121. The molecule has 4 heteroatoms. The van der Waals surface area contributed by atoms with Crippen molar-refractivity contribution in [1.29, 1.82) is 0 Å². The Balaban J connectivity index is 0.000000336. The predicted octanol–water partition coefficient (Wildman–Crippen LogP) is 1.24. The molecule has 0 saturated carbocycles. The number of ether oxygens (including phenoxy) is 1. The molecule has 0 aromatic carbocycles. The van der Waals surface area contributed by atoms with Gasteiger partial charge in [0.25, 0.3) is 0 Å². The van der Waals surface area contributed by atoms with Crippen molar-refractivity contribution in [2.24, 2.45) is 0 Å². The number of hydrogen-bond donors (Lipinski definition) is 2. The summed E-state index contributed by atoms with van der Waals surface area (Å²) in [4.78, 5) is 10.8. The standard InChI is InChI=1S/C8H14O2.C3H8O2/c9-8-6-4-2-1-3-5-7-10-8;1-3(5)2-4/h1-7H2;3-5H,2H2,1H3. The topological polar surface area (TPSA) is 66.8 Å². The Morgan fingerprint density at radius 3 is 2.40 bits per heavy atom. The third kappa shape index (κ3) is 11.3. The lowest BCUT2D eigenvalue weighted by Crippen LogP contribution is -2.03. The monoisotopic (exact) mass is 218 g/mol. The van der Waals surface area contributed by atoms with Crippen LogP contribution in [0.5, 0.6) is 0 Å². The zero-order valence-corrected chi connectivity index (χ0v) is 9.45. The van der Waals surface area contributed by atoms with Gasteiger partial charge in [-0.05, 0) is 19.8 Å². The molecule has 1 rings (SSSR count). The van der Waals surface area contributed by atoms with E-state index in [9.17, 15) is 4.79 Å². The molecule has 1 saturated heterocycles. The van der Waals surface area contributed by atoms with Crippen molar-refractivity contribution in [1.82, 2.24) is 0 Å². The molecular weight excluding hydrogens is 196 g/mol. The second-order valence-electron chi connectivity index (χ2n) is 3.77. The number of aliphatic hydroxyl groups is 2. The Morgan fingerprint density at radius 2 is 1.80 bits per heavy atom. The zero-order chi connectivity index (χ0) is 11.5. The van der Waals surface area contributed by atoms with E-state index in [1.54, 1.807) is 0 Å². The molecule has 0 spiro atoms. The van der Waals surface area contributed by atoms with Crippen LogP contribution in [0.15, 0.2) is 0 Å². The van der Waals surface area contributed by atoms with E-state index >= 15 is 0 Å². The number of hydrogen-bond acceptors (Lipinski definition) is 4. The van der Waals surface area contributed by atoms with Crippen LogP contribution < -0.4 is 0 Å². The van der Waals surface area contributed by atoms with Gasteiger partial charge in [-0.15, -0.1) is 0 Å². The van der Waals surface area contributed by atoms with Crippen LogP contribution in [0.25, 0.3) is 0 Å². The largest absolute Gasteiger partial charge is 0.466 e. The van der Waals surface area contributed by atoms with Gasteiger partial charge in [-0.2, -0.15) is 0 Å². The number of cyclic esters (lactones) is 1. The quantitative estimate of drug-likeness (QED) is 0.650. The normalized spacial score (nSPS) is 19.8. The molecular formula is C11H22O4. The molecule has 0 aliphatic carbocycles. The van der Waals surface area contributed by atoms with Gasteiger partial charge in [0.15, 0.2) is 0 Å². The molecule has 15 heavy (non-hydrogen) atoms. The fourth-order valence-corrected chi connectivity index (χ4v) is 1.16. The van der Waals surface area contributed by atoms with Gasteiger partial charge < -0.3 is 14.9 Å². The number of rotatable bonds is 1. The molecule has 1 unspecified atom stereocenters. The van der Waals surface area contributed by atoms with E-state index in [-0.39, 0.29) is 12.6 Å². The van der Waals surface area contributed by atoms with Gasteiger partial charge in [0.1, 0.15) is 0 Å². The molecule has 1 heterocycles. The summed E-state index contributed by atoms with van der Waals surface area (Å²) in [5.74, 6) is -0.0121. The zero-order valence-electron chi connectivity index (χ0n) is 9.45. The lowest BCUT2D eigenvalue weighted by molar-refractivity contribution is -0.143. The smallest absolute Gasteiger partial charge is 0.305 e. The highest BCUT2D eigenvalue weighted by molar-refractivity contribution is 5.69. The summed E-state index contributed by atoms with van der Waals surface area (Å²) in [7, 11) is 0.